The topological polar surface area (TPSA) is 76.7 Å². The molecule has 0 heterocycles. The number of ether oxygens (including phenoxy) is 2. The molecule has 7 heteroatoms. The zero-order valence-corrected chi connectivity index (χ0v) is 14.9. The van der Waals surface area contributed by atoms with Crippen molar-refractivity contribution in [3.8, 4) is 5.75 Å². The van der Waals surface area contributed by atoms with Gasteiger partial charge in [-0.05, 0) is 49.6 Å². The molecule has 6 nitrogen and oxygen atoms in total. The van der Waals surface area contributed by atoms with Crippen LogP contribution < -0.4 is 15.4 Å². The molecule has 0 aliphatic heterocycles. The monoisotopic (exact) mass is 360 g/mol. The van der Waals surface area contributed by atoms with Gasteiger partial charge in [0.1, 0.15) is 5.75 Å². The molecule has 25 heavy (non-hydrogen) atoms. The van der Waals surface area contributed by atoms with Crippen LogP contribution >= 0.6 is 11.8 Å². The first-order valence-electron chi connectivity index (χ1n) is 7.71. The second kappa shape index (κ2) is 9.58. The van der Waals surface area contributed by atoms with E-state index in [1.165, 1.54) is 0 Å². The first-order valence-corrected chi connectivity index (χ1v) is 8.93. The summed E-state index contributed by atoms with van der Waals surface area (Å²) in [6.45, 7) is 1.89. The normalized spacial score (nSPS) is 10.0. The molecule has 0 spiro atoms. The van der Waals surface area contributed by atoms with Gasteiger partial charge in [-0.1, -0.05) is 6.07 Å². The van der Waals surface area contributed by atoms with E-state index < -0.39 is 6.09 Å². The van der Waals surface area contributed by atoms with Gasteiger partial charge in [-0.15, -0.1) is 11.8 Å². The lowest BCUT2D eigenvalue weighted by Gasteiger charge is -2.10. The molecule has 2 aromatic rings. The van der Waals surface area contributed by atoms with Crippen LogP contribution in [0, 0.1) is 0 Å². The molecule has 0 aliphatic rings. The molecule has 0 aliphatic carbocycles. The zero-order valence-electron chi connectivity index (χ0n) is 14.1. The molecule has 0 radical (unpaired) electrons. The van der Waals surface area contributed by atoms with E-state index in [9.17, 15) is 9.59 Å². The average molecular weight is 360 g/mol. The second-order valence-electron chi connectivity index (χ2n) is 4.94. The average Bonchev–Trinajstić information content (AvgIpc) is 2.61. The molecule has 0 unspecified atom stereocenters. The molecule has 0 saturated carbocycles. The molecular formula is C18H20N2O4S. The highest BCUT2D eigenvalue weighted by Crippen LogP contribution is 2.19. The van der Waals surface area contributed by atoms with Crippen LogP contribution in [0.15, 0.2) is 53.4 Å². The van der Waals surface area contributed by atoms with E-state index in [2.05, 4.69) is 10.6 Å². The maximum absolute atomic E-state index is 12.0. The van der Waals surface area contributed by atoms with E-state index in [0.29, 0.717) is 23.7 Å². The second-order valence-corrected chi connectivity index (χ2v) is 5.82. The third-order valence-corrected chi connectivity index (χ3v) is 3.84. The Balaban J connectivity index is 1.85. The maximum Gasteiger partial charge on any atom is 0.411 e. The summed E-state index contributed by atoms with van der Waals surface area (Å²) < 4.78 is 10.3. The minimum atomic E-state index is -0.536. The molecule has 0 fully saturated rings. The van der Waals surface area contributed by atoms with Crippen LogP contribution in [0.3, 0.4) is 0 Å². The Labute approximate surface area is 150 Å². The van der Waals surface area contributed by atoms with Crippen molar-refractivity contribution >= 4 is 35.1 Å². The van der Waals surface area contributed by atoms with E-state index in [-0.39, 0.29) is 12.5 Å². The number of rotatable bonds is 7. The first kappa shape index (κ1) is 18.7. The van der Waals surface area contributed by atoms with Gasteiger partial charge < -0.3 is 14.8 Å². The van der Waals surface area contributed by atoms with Gasteiger partial charge in [0.2, 0.25) is 0 Å². The minimum Gasteiger partial charge on any atom is -0.484 e. The van der Waals surface area contributed by atoms with Gasteiger partial charge >= 0.3 is 6.09 Å². The van der Waals surface area contributed by atoms with E-state index in [1.54, 1.807) is 43.0 Å². The molecular weight excluding hydrogens is 340 g/mol. The highest BCUT2D eigenvalue weighted by molar-refractivity contribution is 7.98. The molecule has 2 aromatic carbocycles. The van der Waals surface area contributed by atoms with E-state index in [4.69, 9.17) is 9.47 Å². The van der Waals surface area contributed by atoms with Crippen LogP contribution in [0.4, 0.5) is 16.2 Å². The number of benzene rings is 2. The predicted molar refractivity (Wildman–Crippen MR) is 99.4 cm³/mol. The van der Waals surface area contributed by atoms with Crippen molar-refractivity contribution in [2.24, 2.45) is 0 Å². The van der Waals surface area contributed by atoms with Gasteiger partial charge in [-0.25, -0.2) is 4.79 Å². The first-order chi connectivity index (χ1) is 12.1. The summed E-state index contributed by atoms with van der Waals surface area (Å²) in [4.78, 5) is 24.5. The van der Waals surface area contributed by atoms with Gasteiger partial charge in [-0.2, -0.15) is 0 Å². The Morgan fingerprint density at radius 2 is 1.80 bits per heavy atom. The fourth-order valence-electron chi connectivity index (χ4n) is 1.97. The summed E-state index contributed by atoms with van der Waals surface area (Å²) in [6.07, 6.45) is 1.46. The summed E-state index contributed by atoms with van der Waals surface area (Å²) >= 11 is 1.64. The predicted octanol–water partition coefficient (Wildman–Crippen LogP) is 3.99. The van der Waals surface area contributed by atoms with Crippen LogP contribution in [0.1, 0.15) is 6.92 Å². The number of anilines is 2. The number of carbonyl (C=O) groups is 2. The zero-order chi connectivity index (χ0) is 18.1. The van der Waals surface area contributed by atoms with Gasteiger partial charge in [-0.3, -0.25) is 10.1 Å². The Hall–Kier alpha value is -2.67. The molecule has 2 rings (SSSR count). The molecule has 0 bridgehead atoms. The van der Waals surface area contributed by atoms with Crippen LogP contribution in [0.5, 0.6) is 5.75 Å². The summed E-state index contributed by atoms with van der Waals surface area (Å²) in [5, 5.41) is 5.34. The lowest BCUT2D eigenvalue weighted by molar-refractivity contribution is -0.118. The molecule has 0 atom stereocenters. The number of carbonyl (C=O) groups excluding carboxylic acids is 2. The van der Waals surface area contributed by atoms with Crippen molar-refractivity contribution in [2.45, 2.75) is 11.8 Å². The summed E-state index contributed by atoms with van der Waals surface area (Å²) in [6, 6.07) is 14.3. The molecule has 2 amide bonds. The number of amides is 2. The number of hydrogen-bond donors (Lipinski definition) is 2. The van der Waals surface area contributed by atoms with Gasteiger partial charge in [0.15, 0.2) is 6.61 Å². The van der Waals surface area contributed by atoms with Gasteiger partial charge in [0.25, 0.3) is 5.91 Å². The number of hydrogen-bond acceptors (Lipinski definition) is 5. The SMILES string of the molecule is CCOC(=O)Nc1cccc(OCC(=O)Nc2ccc(SC)cc2)c1. The lowest BCUT2D eigenvalue weighted by Crippen LogP contribution is -2.20. The fourth-order valence-corrected chi connectivity index (χ4v) is 2.38. The summed E-state index contributed by atoms with van der Waals surface area (Å²) in [5.41, 5.74) is 1.24. The fraction of sp³-hybridized carbons (Fsp3) is 0.222. The third-order valence-electron chi connectivity index (χ3n) is 3.10. The number of nitrogens with one attached hydrogen (secondary N) is 2. The molecule has 132 valence electrons. The molecule has 0 aromatic heterocycles. The largest absolute Gasteiger partial charge is 0.484 e. The third kappa shape index (κ3) is 6.39. The van der Waals surface area contributed by atoms with Crippen molar-refractivity contribution in [1.82, 2.24) is 0 Å². The Morgan fingerprint density at radius 1 is 1.04 bits per heavy atom. The van der Waals surface area contributed by atoms with Crippen LogP contribution in [0.25, 0.3) is 0 Å². The van der Waals surface area contributed by atoms with Crippen molar-refractivity contribution in [2.75, 3.05) is 30.1 Å². The highest BCUT2D eigenvalue weighted by atomic mass is 32.2. The standard InChI is InChI=1S/C18H20N2O4S/c1-3-23-18(22)20-14-5-4-6-15(11-14)24-12-17(21)19-13-7-9-16(25-2)10-8-13/h4-11H,3,12H2,1-2H3,(H,19,21)(H,20,22). The van der Waals surface area contributed by atoms with Crippen molar-refractivity contribution in [1.29, 1.82) is 0 Å². The Kier molecular flexibility index (Phi) is 7.16. The minimum absolute atomic E-state index is 0.132. The van der Waals surface area contributed by atoms with Crippen LogP contribution in [-0.4, -0.2) is 31.5 Å². The van der Waals surface area contributed by atoms with Crippen molar-refractivity contribution < 1.29 is 19.1 Å². The lowest BCUT2D eigenvalue weighted by atomic mass is 10.3. The van der Waals surface area contributed by atoms with E-state index >= 15 is 0 Å². The van der Waals surface area contributed by atoms with Gasteiger partial charge in [0, 0.05) is 22.3 Å². The highest BCUT2D eigenvalue weighted by Gasteiger charge is 2.06. The van der Waals surface area contributed by atoms with E-state index in [1.807, 2.05) is 30.5 Å². The smallest absolute Gasteiger partial charge is 0.411 e. The molecule has 0 saturated heterocycles. The van der Waals surface area contributed by atoms with Crippen molar-refractivity contribution in [3.63, 3.8) is 0 Å². The Bertz CT molecular complexity index is 719. The Morgan fingerprint density at radius 3 is 2.48 bits per heavy atom. The number of thioether (sulfide) groups is 1. The van der Waals surface area contributed by atoms with Crippen molar-refractivity contribution in [3.05, 3.63) is 48.5 Å². The van der Waals surface area contributed by atoms with Crippen LogP contribution in [0.2, 0.25) is 0 Å². The molecule has 2 N–H and O–H groups in total. The maximum atomic E-state index is 12.0. The summed E-state index contributed by atoms with van der Waals surface area (Å²) in [7, 11) is 0. The quantitative estimate of drug-likeness (QED) is 0.730. The summed E-state index contributed by atoms with van der Waals surface area (Å²) in [5.74, 6) is 0.211. The van der Waals surface area contributed by atoms with Crippen LogP contribution in [-0.2, 0) is 9.53 Å². The van der Waals surface area contributed by atoms with Gasteiger partial charge in [0.05, 0.1) is 6.61 Å². The van der Waals surface area contributed by atoms with E-state index in [0.717, 1.165) is 4.90 Å².